The molecule has 0 amide bonds. The number of aromatic amines is 1. The van der Waals surface area contributed by atoms with Crippen molar-refractivity contribution >= 4 is 17.2 Å². The number of aryl methyl sites for hydroxylation is 1. The number of nitriles is 1. The van der Waals surface area contributed by atoms with Crippen LogP contribution in [0.15, 0.2) is 24.3 Å². The summed E-state index contributed by atoms with van der Waals surface area (Å²) in [6, 6.07) is 8.62. The van der Waals surface area contributed by atoms with Crippen LogP contribution in [-0.4, -0.2) is 28.7 Å². The topological polar surface area (TPSA) is 125 Å². The summed E-state index contributed by atoms with van der Waals surface area (Å²) in [6.45, 7) is 0.606. The number of nitro groups is 1. The van der Waals surface area contributed by atoms with Crippen LogP contribution >= 0.6 is 0 Å². The normalized spacial score (nSPS) is 10.2. The summed E-state index contributed by atoms with van der Waals surface area (Å²) in [4.78, 5) is 12.5. The van der Waals surface area contributed by atoms with Gasteiger partial charge < -0.3 is 10.6 Å². The second kappa shape index (κ2) is 6.58. The van der Waals surface area contributed by atoms with Crippen LogP contribution < -0.4 is 10.6 Å². The third-order valence-electron chi connectivity index (χ3n) is 3.39. The van der Waals surface area contributed by atoms with E-state index >= 15 is 0 Å². The highest BCUT2D eigenvalue weighted by Gasteiger charge is 2.16. The number of nitrogens with zero attached hydrogens (tertiary/aromatic N) is 4. The summed E-state index contributed by atoms with van der Waals surface area (Å²) >= 11 is 0. The van der Waals surface area contributed by atoms with E-state index in [0.29, 0.717) is 36.3 Å². The molecule has 1 heterocycles. The maximum Gasteiger partial charge on any atom is 0.292 e. The zero-order chi connectivity index (χ0) is 16.1. The van der Waals surface area contributed by atoms with Gasteiger partial charge in [0.1, 0.15) is 17.3 Å². The highest BCUT2D eigenvalue weighted by Crippen LogP contribution is 2.26. The molecular weight excluding hydrogens is 284 g/mol. The Hall–Kier alpha value is -3.08. The smallest absolute Gasteiger partial charge is 0.292 e. The first kappa shape index (κ1) is 15.3. The highest BCUT2D eigenvalue weighted by atomic mass is 16.6. The van der Waals surface area contributed by atoms with Crippen LogP contribution in [0.4, 0.5) is 17.2 Å². The standard InChI is InChI=1S/C14H16N6O2/c1-19(12-6-2-3-7-13(12)20(21)22)8-4-5-11-10(9-15)14(16)18-17-11/h2-3,6-7H,4-5,8H2,1H3,(H3,16,17,18). The van der Waals surface area contributed by atoms with Gasteiger partial charge in [-0.2, -0.15) is 10.4 Å². The molecule has 0 saturated carbocycles. The molecule has 2 aromatic rings. The Labute approximate surface area is 127 Å². The maximum atomic E-state index is 11.0. The number of para-hydroxylation sites is 2. The monoisotopic (exact) mass is 300 g/mol. The first-order valence-corrected chi connectivity index (χ1v) is 6.72. The third-order valence-corrected chi connectivity index (χ3v) is 3.39. The minimum atomic E-state index is -0.394. The van der Waals surface area contributed by atoms with E-state index in [9.17, 15) is 10.1 Å². The van der Waals surface area contributed by atoms with E-state index in [0.717, 1.165) is 0 Å². The first-order chi connectivity index (χ1) is 10.5. The predicted molar refractivity (Wildman–Crippen MR) is 82.4 cm³/mol. The Morgan fingerprint density at radius 3 is 2.91 bits per heavy atom. The van der Waals surface area contributed by atoms with Gasteiger partial charge in [-0.1, -0.05) is 12.1 Å². The van der Waals surface area contributed by atoms with Crippen LogP contribution in [0.25, 0.3) is 0 Å². The summed E-state index contributed by atoms with van der Waals surface area (Å²) in [6.07, 6.45) is 1.30. The number of rotatable bonds is 6. The number of nitrogens with two attached hydrogens (primary N) is 1. The van der Waals surface area contributed by atoms with E-state index in [-0.39, 0.29) is 11.5 Å². The van der Waals surface area contributed by atoms with Crippen molar-refractivity contribution in [2.45, 2.75) is 12.8 Å². The highest BCUT2D eigenvalue weighted by molar-refractivity contribution is 5.62. The van der Waals surface area contributed by atoms with Crippen LogP contribution in [0, 0.1) is 21.4 Å². The third kappa shape index (κ3) is 3.15. The molecule has 0 spiro atoms. The molecule has 0 atom stereocenters. The fourth-order valence-electron chi connectivity index (χ4n) is 2.25. The Balaban J connectivity index is 2.00. The number of benzene rings is 1. The summed E-state index contributed by atoms with van der Waals surface area (Å²) in [5.74, 6) is 0.199. The van der Waals surface area contributed by atoms with Gasteiger partial charge in [-0.15, -0.1) is 0 Å². The summed E-state index contributed by atoms with van der Waals surface area (Å²) < 4.78 is 0. The molecule has 8 nitrogen and oxygen atoms in total. The number of aromatic nitrogens is 2. The van der Waals surface area contributed by atoms with Crippen LogP contribution in [0.1, 0.15) is 17.7 Å². The van der Waals surface area contributed by atoms with E-state index < -0.39 is 4.92 Å². The number of hydrogen-bond acceptors (Lipinski definition) is 6. The molecule has 1 aromatic heterocycles. The zero-order valence-electron chi connectivity index (χ0n) is 12.1. The maximum absolute atomic E-state index is 11.0. The molecule has 3 N–H and O–H groups in total. The Bertz CT molecular complexity index is 718. The SMILES string of the molecule is CN(CCCc1[nH]nc(N)c1C#N)c1ccccc1[N+](=O)[O-]. The first-order valence-electron chi connectivity index (χ1n) is 6.72. The van der Waals surface area contributed by atoms with Crippen molar-refractivity contribution in [3.05, 3.63) is 45.6 Å². The van der Waals surface area contributed by atoms with E-state index in [4.69, 9.17) is 11.0 Å². The van der Waals surface area contributed by atoms with Crippen molar-refractivity contribution in [3.63, 3.8) is 0 Å². The van der Waals surface area contributed by atoms with Crippen LogP contribution in [0.5, 0.6) is 0 Å². The van der Waals surface area contributed by atoms with Crippen molar-refractivity contribution in [2.75, 3.05) is 24.2 Å². The van der Waals surface area contributed by atoms with Crippen LogP contribution in [0.2, 0.25) is 0 Å². The molecule has 0 aliphatic carbocycles. The predicted octanol–water partition coefficient (Wildman–Crippen LogP) is 1.84. The van der Waals surface area contributed by atoms with E-state index in [1.54, 1.807) is 25.2 Å². The van der Waals surface area contributed by atoms with Gasteiger partial charge in [0.25, 0.3) is 5.69 Å². The number of H-pyrrole nitrogens is 1. The van der Waals surface area contributed by atoms with Gasteiger partial charge in [0.05, 0.1) is 10.6 Å². The number of nitro benzene ring substituents is 1. The molecular formula is C14H16N6O2. The number of nitrogens with one attached hydrogen (secondary N) is 1. The second-order valence-corrected chi connectivity index (χ2v) is 4.85. The minimum absolute atomic E-state index is 0.0773. The van der Waals surface area contributed by atoms with Crippen molar-refractivity contribution < 1.29 is 4.92 Å². The molecule has 0 aliphatic rings. The van der Waals surface area contributed by atoms with E-state index in [1.165, 1.54) is 6.07 Å². The lowest BCUT2D eigenvalue weighted by Gasteiger charge is -2.18. The van der Waals surface area contributed by atoms with Crippen molar-refractivity contribution in [2.24, 2.45) is 0 Å². The molecule has 114 valence electrons. The average Bonchev–Trinajstić information content (AvgIpc) is 2.87. The zero-order valence-corrected chi connectivity index (χ0v) is 12.1. The Morgan fingerprint density at radius 2 is 2.23 bits per heavy atom. The molecule has 22 heavy (non-hydrogen) atoms. The van der Waals surface area contributed by atoms with Gasteiger partial charge in [-0.05, 0) is 18.9 Å². The molecule has 0 fully saturated rings. The van der Waals surface area contributed by atoms with E-state index in [2.05, 4.69) is 10.2 Å². The molecule has 8 heteroatoms. The molecule has 0 unspecified atom stereocenters. The summed E-state index contributed by atoms with van der Waals surface area (Å²) in [5.41, 5.74) is 7.28. The van der Waals surface area contributed by atoms with Gasteiger partial charge >= 0.3 is 0 Å². The van der Waals surface area contributed by atoms with Gasteiger partial charge in [0, 0.05) is 19.7 Å². The molecule has 0 radical (unpaired) electrons. The molecule has 2 rings (SSSR count). The fraction of sp³-hybridized carbons (Fsp3) is 0.286. The molecule has 0 bridgehead atoms. The number of hydrogen-bond donors (Lipinski definition) is 2. The van der Waals surface area contributed by atoms with Gasteiger partial charge in [-0.3, -0.25) is 15.2 Å². The Kier molecular flexibility index (Phi) is 4.58. The quantitative estimate of drug-likeness (QED) is 0.619. The second-order valence-electron chi connectivity index (χ2n) is 4.85. The van der Waals surface area contributed by atoms with Crippen LogP contribution in [0.3, 0.4) is 0 Å². The van der Waals surface area contributed by atoms with Crippen molar-refractivity contribution in [1.29, 1.82) is 5.26 Å². The number of anilines is 2. The van der Waals surface area contributed by atoms with Crippen LogP contribution in [-0.2, 0) is 6.42 Å². The van der Waals surface area contributed by atoms with E-state index in [1.807, 2.05) is 11.0 Å². The number of nitrogen functional groups attached to an aromatic ring is 1. The fourth-order valence-corrected chi connectivity index (χ4v) is 2.25. The van der Waals surface area contributed by atoms with Crippen molar-refractivity contribution in [1.82, 2.24) is 10.2 Å². The molecule has 1 aromatic carbocycles. The summed E-state index contributed by atoms with van der Waals surface area (Å²) in [5, 5.41) is 26.6. The lowest BCUT2D eigenvalue weighted by Crippen LogP contribution is -2.20. The van der Waals surface area contributed by atoms with Gasteiger partial charge in [0.15, 0.2) is 5.82 Å². The molecule has 0 saturated heterocycles. The minimum Gasteiger partial charge on any atom is -0.381 e. The lowest BCUT2D eigenvalue weighted by molar-refractivity contribution is -0.384. The molecule has 0 aliphatic heterocycles. The Morgan fingerprint density at radius 1 is 1.50 bits per heavy atom. The average molecular weight is 300 g/mol. The van der Waals surface area contributed by atoms with Crippen molar-refractivity contribution in [3.8, 4) is 6.07 Å². The lowest BCUT2D eigenvalue weighted by atomic mass is 10.1. The van der Waals surface area contributed by atoms with Gasteiger partial charge in [0.2, 0.25) is 0 Å². The summed E-state index contributed by atoms with van der Waals surface area (Å²) in [7, 11) is 1.80. The largest absolute Gasteiger partial charge is 0.381 e. The van der Waals surface area contributed by atoms with Gasteiger partial charge in [-0.25, -0.2) is 0 Å².